The molecule has 114 valence electrons. The van der Waals surface area contributed by atoms with Crippen molar-refractivity contribution >= 4 is 5.91 Å². The van der Waals surface area contributed by atoms with Crippen LogP contribution in [0.25, 0.3) is 0 Å². The number of halogens is 2. The third-order valence-corrected chi connectivity index (χ3v) is 5.00. The maximum absolute atomic E-state index is 13.2. The Morgan fingerprint density at radius 3 is 2.71 bits per heavy atom. The minimum atomic E-state index is -2.64. The molecule has 0 N–H and O–H groups in total. The second-order valence-corrected chi connectivity index (χ2v) is 7.36. The summed E-state index contributed by atoms with van der Waals surface area (Å²) in [4.78, 5) is 14.3. The number of likely N-dealkylation sites (tertiary alicyclic amines) is 1. The molecule has 1 aromatic carbocycles. The molecule has 2 bridgehead atoms. The molecule has 2 atom stereocenters. The van der Waals surface area contributed by atoms with Gasteiger partial charge in [0.15, 0.2) is 0 Å². The molecule has 21 heavy (non-hydrogen) atoms. The number of alkyl halides is 2. The number of hydrogen-bond donors (Lipinski definition) is 0. The summed E-state index contributed by atoms with van der Waals surface area (Å²) >= 11 is 0. The predicted octanol–water partition coefficient (Wildman–Crippen LogP) is 3.81. The van der Waals surface area contributed by atoms with Gasteiger partial charge in [-0.15, -0.1) is 0 Å². The van der Waals surface area contributed by atoms with Gasteiger partial charge in [0.05, 0.1) is 6.04 Å². The zero-order valence-electron chi connectivity index (χ0n) is 12.7. The van der Waals surface area contributed by atoms with Crippen molar-refractivity contribution in [1.29, 1.82) is 0 Å². The van der Waals surface area contributed by atoms with E-state index in [1.807, 2.05) is 18.2 Å². The average Bonchev–Trinajstić information content (AvgIpc) is 2.70. The zero-order chi connectivity index (χ0) is 15.4. The molecule has 0 radical (unpaired) electrons. The van der Waals surface area contributed by atoms with Crippen molar-refractivity contribution in [2.24, 2.45) is 10.8 Å². The number of nitrogens with zero attached hydrogens (tertiary/aromatic N) is 1. The summed E-state index contributed by atoms with van der Waals surface area (Å²) in [6.07, 6.45) is -0.860. The maximum atomic E-state index is 13.2. The van der Waals surface area contributed by atoms with Gasteiger partial charge in [-0.05, 0) is 43.2 Å². The molecule has 1 aliphatic heterocycles. The number of benzene rings is 1. The smallest absolute Gasteiger partial charge is 0.252 e. The maximum Gasteiger partial charge on any atom is 0.252 e. The highest BCUT2D eigenvalue weighted by Gasteiger charge is 2.51. The van der Waals surface area contributed by atoms with Crippen LogP contribution in [-0.4, -0.2) is 23.8 Å². The molecule has 1 fully saturated rings. The van der Waals surface area contributed by atoms with Crippen LogP contribution in [0.2, 0.25) is 0 Å². The monoisotopic (exact) mass is 293 g/mol. The standard InChI is InChI=1S/C17H21F2NO/c1-16(2,14(18)19)15(21)20-10-17(3)8-11-6-4-5-7-12(11)13(20)9-17/h4-7,13-14H,8-10H2,1-3H3/t13-,17-/m0/s1. The van der Waals surface area contributed by atoms with Crippen molar-refractivity contribution in [2.75, 3.05) is 6.54 Å². The van der Waals surface area contributed by atoms with E-state index in [0.29, 0.717) is 6.54 Å². The first kappa shape index (κ1) is 14.5. The van der Waals surface area contributed by atoms with Crippen molar-refractivity contribution in [1.82, 2.24) is 4.90 Å². The highest BCUT2D eigenvalue weighted by molar-refractivity contribution is 5.83. The van der Waals surface area contributed by atoms with Crippen molar-refractivity contribution in [2.45, 2.75) is 46.1 Å². The first-order chi connectivity index (χ1) is 9.74. The lowest BCUT2D eigenvalue weighted by molar-refractivity contribution is -0.150. The van der Waals surface area contributed by atoms with Gasteiger partial charge in [0.2, 0.25) is 5.91 Å². The Morgan fingerprint density at radius 2 is 2.05 bits per heavy atom. The van der Waals surface area contributed by atoms with Crippen LogP contribution in [-0.2, 0) is 11.2 Å². The van der Waals surface area contributed by atoms with E-state index in [2.05, 4.69) is 13.0 Å². The van der Waals surface area contributed by atoms with Crippen molar-refractivity contribution in [3.8, 4) is 0 Å². The molecule has 3 rings (SSSR count). The fraction of sp³-hybridized carbons (Fsp3) is 0.588. The average molecular weight is 293 g/mol. The van der Waals surface area contributed by atoms with Crippen molar-refractivity contribution < 1.29 is 13.6 Å². The van der Waals surface area contributed by atoms with Gasteiger partial charge in [-0.2, -0.15) is 0 Å². The quantitative estimate of drug-likeness (QED) is 0.812. The van der Waals surface area contributed by atoms with E-state index in [-0.39, 0.29) is 11.5 Å². The molecular weight excluding hydrogens is 272 g/mol. The van der Waals surface area contributed by atoms with Crippen LogP contribution in [0, 0.1) is 10.8 Å². The normalized spacial score (nSPS) is 27.9. The number of hydrogen-bond acceptors (Lipinski definition) is 1. The van der Waals surface area contributed by atoms with Crippen LogP contribution < -0.4 is 0 Å². The summed E-state index contributed by atoms with van der Waals surface area (Å²) in [7, 11) is 0. The molecule has 2 aliphatic rings. The summed E-state index contributed by atoms with van der Waals surface area (Å²) < 4.78 is 26.4. The van der Waals surface area contributed by atoms with E-state index in [1.54, 1.807) is 4.90 Å². The number of rotatable bonds is 2. The third-order valence-electron chi connectivity index (χ3n) is 5.00. The second kappa shape index (κ2) is 4.52. The molecule has 1 amide bonds. The van der Waals surface area contributed by atoms with Crippen LogP contribution in [0.15, 0.2) is 24.3 Å². The summed E-state index contributed by atoms with van der Waals surface area (Å²) in [6, 6.07) is 8.03. The van der Waals surface area contributed by atoms with Crippen LogP contribution >= 0.6 is 0 Å². The van der Waals surface area contributed by atoms with Crippen molar-refractivity contribution in [3.63, 3.8) is 0 Å². The molecule has 1 saturated heterocycles. The van der Waals surface area contributed by atoms with Crippen LogP contribution in [0.3, 0.4) is 0 Å². The Bertz CT molecular complexity index is 584. The van der Waals surface area contributed by atoms with Gasteiger partial charge in [-0.1, -0.05) is 31.2 Å². The minimum absolute atomic E-state index is 0.00683. The summed E-state index contributed by atoms with van der Waals surface area (Å²) in [5.74, 6) is -0.428. The third kappa shape index (κ3) is 2.16. The number of fused-ring (bicyclic) bond motifs is 4. The minimum Gasteiger partial charge on any atom is -0.334 e. The van der Waals surface area contributed by atoms with E-state index in [9.17, 15) is 13.6 Å². The van der Waals surface area contributed by atoms with Gasteiger partial charge in [-0.3, -0.25) is 4.79 Å². The van der Waals surface area contributed by atoms with Crippen LogP contribution in [0.4, 0.5) is 8.78 Å². The number of carbonyl (C=O) groups excluding carboxylic acids is 1. The SMILES string of the molecule is CC(C)(C(=O)N1C[C@@]2(C)Cc3ccccc3[C@@H]1C2)C(F)F. The van der Waals surface area contributed by atoms with Gasteiger partial charge >= 0.3 is 0 Å². The summed E-state index contributed by atoms with van der Waals surface area (Å²) in [5, 5.41) is 0. The van der Waals surface area contributed by atoms with E-state index in [4.69, 9.17) is 0 Å². The lowest BCUT2D eigenvalue weighted by Gasteiger charge is -2.33. The largest absolute Gasteiger partial charge is 0.334 e. The fourth-order valence-electron chi connectivity index (χ4n) is 3.73. The zero-order valence-corrected chi connectivity index (χ0v) is 12.7. The molecule has 0 spiro atoms. The summed E-state index contributed by atoms with van der Waals surface area (Å²) in [6.45, 7) is 5.41. The molecule has 0 unspecified atom stereocenters. The van der Waals surface area contributed by atoms with Gasteiger partial charge in [0.25, 0.3) is 6.43 Å². The number of carbonyl (C=O) groups is 1. The Kier molecular flexibility index (Phi) is 3.12. The Hall–Kier alpha value is -1.45. The van der Waals surface area contributed by atoms with E-state index in [1.165, 1.54) is 19.4 Å². The van der Waals surface area contributed by atoms with E-state index >= 15 is 0 Å². The molecule has 0 aromatic heterocycles. The molecule has 1 aliphatic carbocycles. The van der Waals surface area contributed by atoms with Crippen molar-refractivity contribution in [3.05, 3.63) is 35.4 Å². The highest BCUT2D eigenvalue weighted by Crippen LogP contribution is 2.51. The Balaban J connectivity index is 1.99. The fourth-order valence-corrected chi connectivity index (χ4v) is 3.73. The van der Waals surface area contributed by atoms with E-state index in [0.717, 1.165) is 18.4 Å². The molecule has 4 heteroatoms. The molecule has 1 aromatic rings. The first-order valence-corrected chi connectivity index (χ1v) is 7.42. The topological polar surface area (TPSA) is 20.3 Å². The lowest BCUT2D eigenvalue weighted by Crippen LogP contribution is -2.44. The van der Waals surface area contributed by atoms with E-state index < -0.39 is 17.7 Å². The number of amides is 1. The predicted molar refractivity (Wildman–Crippen MR) is 77.1 cm³/mol. The first-order valence-electron chi connectivity index (χ1n) is 7.42. The second-order valence-electron chi connectivity index (χ2n) is 7.36. The Labute approximate surface area is 124 Å². The van der Waals surface area contributed by atoms with Gasteiger partial charge in [0.1, 0.15) is 5.41 Å². The van der Waals surface area contributed by atoms with Crippen LogP contribution in [0.1, 0.15) is 44.4 Å². The lowest BCUT2D eigenvalue weighted by atomic mass is 9.74. The molecule has 0 saturated carbocycles. The molecule has 2 nitrogen and oxygen atoms in total. The highest BCUT2D eigenvalue weighted by atomic mass is 19.3. The van der Waals surface area contributed by atoms with Gasteiger partial charge in [-0.25, -0.2) is 8.78 Å². The molecular formula is C17H21F2NO. The molecule has 1 heterocycles. The van der Waals surface area contributed by atoms with Crippen LogP contribution in [0.5, 0.6) is 0 Å². The van der Waals surface area contributed by atoms with Gasteiger partial charge in [0, 0.05) is 6.54 Å². The summed E-state index contributed by atoms with van der Waals surface area (Å²) in [5.41, 5.74) is 0.766. The Morgan fingerprint density at radius 1 is 1.38 bits per heavy atom. The van der Waals surface area contributed by atoms with Gasteiger partial charge < -0.3 is 4.90 Å².